The molecule has 9 heteroatoms. The normalized spacial score (nSPS) is 11.0. The van der Waals surface area contributed by atoms with Crippen molar-refractivity contribution in [3.05, 3.63) is 78.6 Å². The first kappa shape index (κ1) is 18.7. The fourth-order valence-corrected chi connectivity index (χ4v) is 3.34. The lowest BCUT2D eigenvalue weighted by atomic mass is 10.1. The third-order valence-corrected chi connectivity index (χ3v) is 4.91. The Bertz CT molecular complexity index is 1340. The monoisotopic (exact) mass is 412 g/mol. The second kappa shape index (κ2) is 7.86. The Kier molecular flexibility index (Phi) is 4.75. The Balaban J connectivity index is 1.39. The molecule has 0 atom stereocenters. The second-order valence-corrected chi connectivity index (χ2v) is 7.08. The van der Waals surface area contributed by atoms with Crippen LogP contribution < -0.4 is 10.1 Å². The van der Waals surface area contributed by atoms with Crippen molar-refractivity contribution in [1.82, 2.24) is 34.3 Å². The largest absolute Gasteiger partial charge is 0.497 e. The molecule has 1 aromatic carbocycles. The SMILES string of the molecule is COc1ccc(Cc2nnc3cc(-c4ccnc(Nc5cnn(C)c5)n4)ccn23)cc1. The highest BCUT2D eigenvalue weighted by atomic mass is 16.5. The fraction of sp³-hybridized carbons (Fsp3) is 0.136. The number of benzene rings is 1. The molecular formula is C22H20N8O. The summed E-state index contributed by atoms with van der Waals surface area (Å²) in [7, 11) is 3.52. The van der Waals surface area contributed by atoms with Gasteiger partial charge in [0.2, 0.25) is 5.95 Å². The van der Waals surface area contributed by atoms with E-state index in [4.69, 9.17) is 4.74 Å². The lowest BCUT2D eigenvalue weighted by Gasteiger charge is -2.06. The predicted octanol–water partition coefficient (Wildman–Crippen LogP) is 3.26. The van der Waals surface area contributed by atoms with Gasteiger partial charge in [0.25, 0.3) is 0 Å². The van der Waals surface area contributed by atoms with Gasteiger partial charge in [0.05, 0.1) is 24.7 Å². The number of rotatable bonds is 6. The van der Waals surface area contributed by atoms with Gasteiger partial charge >= 0.3 is 0 Å². The number of methoxy groups -OCH3 is 1. The van der Waals surface area contributed by atoms with Gasteiger partial charge in [-0.25, -0.2) is 9.97 Å². The van der Waals surface area contributed by atoms with Crippen LogP contribution in [0.15, 0.2) is 67.3 Å². The van der Waals surface area contributed by atoms with Gasteiger partial charge < -0.3 is 10.1 Å². The van der Waals surface area contributed by atoms with Crippen LogP contribution in [0.5, 0.6) is 5.75 Å². The standard InChI is InChI=1S/C22H20N8O/c1-29-14-17(13-24-29)25-22-23-9-7-19(26-22)16-8-10-30-20(27-28-21(30)12-16)11-15-3-5-18(31-2)6-4-15/h3-10,12-14H,11H2,1-2H3,(H,23,25,26). The molecule has 0 saturated carbocycles. The molecular weight excluding hydrogens is 392 g/mol. The zero-order valence-electron chi connectivity index (χ0n) is 17.1. The molecule has 0 fully saturated rings. The summed E-state index contributed by atoms with van der Waals surface area (Å²) in [6.45, 7) is 0. The van der Waals surface area contributed by atoms with Crippen molar-refractivity contribution in [3.63, 3.8) is 0 Å². The van der Waals surface area contributed by atoms with E-state index in [-0.39, 0.29) is 0 Å². The van der Waals surface area contributed by atoms with E-state index in [2.05, 4.69) is 30.6 Å². The number of hydrogen-bond donors (Lipinski definition) is 1. The van der Waals surface area contributed by atoms with Crippen molar-refractivity contribution in [3.8, 4) is 17.0 Å². The lowest BCUT2D eigenvalue weighted by molar-refractivity contribution is 0.414. The average molecular weight is 412 g/mol. The molecule has 0 aliphatic rings. The van der Waals surface area contributed by atoms with Crippen LogP contribution in [0.3, 0.4) is 0 Å². The number of hydrogen-bond acceptors (Lipinski definition) is 7. The first-order valence-electron chi connectivity index (χ1n) is 9.73. The maximum atomic E-state index is 5.22. The maximum Gasteiger partial charge on any atom is 0.227 e. The number of nitrogens with zero attached hydrogens (tertiary/aromatic N) is 7. The molecule has 4 aromatic heterocycles. The first-order chi connectivity index (χ1) is 15.2. The Hall–Kier alpha value is -4.27. The van der Waals surface area contributed by atoms with E-state index in [1.165, 1.54) is 0 Å². The molecule has 0 spiro atoms. The molecule has 4 heterocycles. The van der Waals surface area contributed by atoms with E-state index < -0.39 is 0 Å². The molecule has 0 bridgehead atoms. The predicted molar refractivity (Wildman–Crippen MR) is 116 cm³/mol. The summed E-state index contributed by atoms with van der Waals surface area (Å²) in [5.41, 5.74) is 4.47. The average Bonchev–Trinajstić information content (AvgIpc) is 3.40. The third-order valence-electron chi connectivity index (χ3n) is 4.91. The van der Waals surface area contributed by atoms with Gasteiger partial charge in [-0.15, -0.1) is 10.2 Å². The number of pyridine rings is 1. The summed E-state index contributed by atoms with van der Waals surface area (Å²) >= 11 is 0. The first-order valence-corrected chi connectivity index (χ1v) is 9.73. The number of aryl methyl sites for hydroxylation is 1. The number of ether oxygens (including phenoxy) is 1. The Labute approximate surface area is 178 Å². The molecule has 0 amide bonds. The molecule has 31 heavy (non-hydrogen) atoms. The summed E-state index contributed by atoms with van der Waals surface area (Å²) in [6.07, 6.45) is 7.96. The molecule has 0 radical (unpaired) electrons. The quantitative estimate of drug-likeness (QED) is 0.457. The van der Waals surface area contributed by atoms with Crippen LogP contribution in [-0.2, 0) is 13.5 Å². The molecule has 0 saturated heterocycles. The van der Waals surface area contributed by atoms with Gasteiger partial charge in [0.1, 0.15) is 11.6 Å². The topological polar surface area (TPSA) is 95.0 Å². The van der Waals surface area contributed by atoms with Crippen molar-refractivity contribution in [1.29, 1.82) is 0 Å². The summed E-state index contributed by atoms with van der Waals surface area (Å²) in [6, 6.07) is 13.8. The minimum atomic E-state index is 0.507. The molecule has 154 valence electrons. The van der Waals surface area contributed by atoms with Crippen molar-refractivity contribution in [2.24, 2.45) is 7.05 Å². The van der Waals surface area contributed by atoms with Gasteiger partial charge in [-0.2, -0.15) is 5.10 Å². The lowest BCUT2D eigenvalue weighted by Crippen LogP contribution is -1.98. The molecule has 5 aromatic rings. The van der Waals surface area contributed by atoms with E-state index in [9.17, 15) is 0 Å². The van der Waals surface area contributed by atoms with Crippen LogP contribution >= 0.6 is 0 Å². The molecule has 0 aliphatic carbocycles. The minimum absolute atomic E-state index is 0.507. The van der Waals surface area contributed by atoms with E-state index in [0.717, 1.165) is 39.7 Å². The highest BCUT2D eigenvalue weighted by Gasteiger charge is 2.10. The number of nitrogens with one attached hydrogen (secondary N) is 1. The van der Waals surface area contributed by atoms with Crippen LogP contribution in [0.25, 0.3) is 16.9 Å². The van der Waals surface area contributed by atoms with Gasteiger partial charge in [-0.05, 0) is 35.9 Å². The number of fused-ring (bicyclic) bond motifs is 1. The second-order valence-electron chi connectivity index (χ2n) is 7.08. The van der Waals surface area contributed by atoms with Gasteiger partial charge in [0.15, 0.2) is 5.65 Å². The molecule has 9 nitrogen and oxygen atoms in total. The highest BCUT2D eigenvalue weighted by Crippen LogP contribution is 2.22. The Morgan fingerprint density at radius 2 is 1.94 bits per heavy atom. The number of anilines is 2. The van der Waals surface area contributed by atoms with Gasteiger partial charge in [0, 0.05) is 37.6 Å². The third kappa shape index (κ3) is 3.93. The van der Waals surface area contributed by atoms with Crippen molar-refractivity contribution in [2.45, 2.75) is 6.42 Å². The van der Waals surface area contributed by atoms with E-state index >= 15 is 0 Å². The molecule has 0 unspecified atom stereocenters. The van der Waals surface area contributed by atoms with E-state index in [1.807, 2.05) is 66.3 Å². The molecule has 1 N–H and O–H groups in total. The highest BCUT2D eigenvalue weighted by molar-refractivity contribution is 5.65. The summed E-state index contributed by atoms with van der Waals surface area (Å²) in [5.74, 6) is 2.21. The van der Waals surface area contributed by atoms with Crippen LogP contribution in [0, 0.1) is 0 Å². The van der Waals surface area contributed by atoms with Crippen molar-refractivity contribution in [2.75, 3.05) is 12.4 Å². The summed E-state index contributed by atoms with van der Waals surface area (Å²) in [5, 5.41) is 16.0. The van der Waals surface area contributed by atoms with E-state index in [1.54, 1.807) is 24.2 Å². The van der Waals surface area contributed by atoms with Crippen LogP contribution in [0.4, 0.5) is 11.6 Å². The van der Waals surface area contributed by atoms with Crippen LogP contribution in [0.2, 0.25) is 0 Å². The van der Waals surface area contributed by atoms with Crippen LogP contribution in [-0.4, -0.2) is 41.5 Å². The Morgan fingerprint density at radius 3 is 2.71 bits per heavy atom. The summed E-state index contributed by atoms with van der Waals surface area (Å²) in [4.78, 5) is 8.91. The minimum Gasteiger partial charge on any atom is -0.497 e. The van der Waals surface area contributed by atoms with Gasteiger partial charge in [-0.3, -0.25) is 9.08 Å². The molecule has 0 aliphatic heterocycles. The Morgan fingerprint density at radius 1 is 1.06 bits per heavy atom. The van der Waals surface area contributed by atoms with Crippen LogP contribution in [0.1, 0.15) is 11.4 Å². The zero-order chi connectivity index (χ0) is 21.2. The van der Waals surface area contributed by atoms with E-state index in [0.29, 0.717) is 12.4 Å². The number of aromatic nitrogens is 7. The zero-order valence-corrected chi connectivity index (χ0v) is 17.1. The smallest absolute Gasteiger partial charge is 0.227 e. The maximum absolute atomic E-state index is 5.22. The summed E-state index contributed by atoms with van der Waals surface area (Å²) < 4.78 is 8.93. The van der Waals surface area contributed by atoms with Crippen molar-refractivity contribution < 1.29 is 4.74 Å². The molecule has 5 rings (SSSR count). The van der Waals surface area contributed by atoms with Gasteiger partial charge in [-0.1, -0.05) is 12.1 Å². The fourth-order valence-electron chi connectivity index (χ4n) is 3.34. The van der Waals surface area contributed by atoms with Crippen molar-refractivity contribution >= 4 is 17.3 Å².